The first-order valence-corrected chi connectivity index (χ1v) is 9.31. The van der Waals surface area contributed by atoms with E-state index in [-0.39, 0.29) is 12.5 Å². The Bertz CT molecular complexity index is 752. The van der Waals surface area contributed by atoms with Gasteiger partial charge in [-0.15, -0.1) is 11.3 Å². The SMILES string of the molecule is Cc1nc(-c2ccc3c(c2)N(CCN2CCCC2)C(=O)CO3)cs1. The zero-order valence-corrected chi connectivity index (χ0v) is 14.6. The van der Waals surface area contributed by atoms with E-state index in [0.717, 1.165) is 53.9 Å². The predicted octanol–water partition coefficient (Wildman–Crippen LogP) is 2.94. The van der Waals surface area contributed by atoms with Crippen molar-refractivity contribution in [2.24, 2.45) is 0 Å². The number of benzene rings is 1. The number of ether oxygens (including phenoxy) is 1. The smallest absolute Gasteiger partial charge is 0.265 e. The molecule has 2 aliphatic heterocycles. The number of thiazole rings is 1. The molecule has 1 aromatic heterocycles. The van der Waals surface area contributed by atoms with Gasteiger partial charge in [-0.25, -0.2) is 4.98 Å². The molecular formula is C18H21N3O2S. The third kappa shape index (κ3) is 3.03. The predicted molar refractivity (Wildman–Crippen MR) is 95.8 cm³/mol. The molecule has 0 radical (unpaired) electrons. The molecule has 0 bridgehead atoms. The molecule has 2 aliphatic rings. The number of hydrogen-bond acceptors (Lipinski definition) is 5. The van der Waals surface area contributed by atoms with E-state index in [2.05, 4.69) is 15.3 Å². The van der Waals surface area contributed by atoms with Gasteiger partial charge in [0.25, 0.3) is 5.91 Å². The Balaban J connectivity index is 1.60. The fourth-order valence-corrected chi connectivity index (χ4v) is 3.97. The third-order valence-corrected chi connectivity index (χ3v) is 5.43. The van der Waals surface area contributed by atoms with Crippen molar-refractivity contribution in [2.75, 3.05) is 37.7 Å². The lowest BCUT2D eigenvalue weighted by Gasteiger charge is -2.31. The molecule has 5 nitrogen and oxygen atoms in total. The molecular weight excluding hydrogens is 322 g/mol. The van der Waals surface area contributed by atoms with Crippen molar-refractivity contribution in [1.29, 1.82) is 0 Å². The molecule has 0 aliphatic carbocycles. The Kier molecular flexibility index (Phi) is 4.24. The van der Waals surface area contributed by atoms with Crippen LogP contribution in [0.5, 0.6) is 5.75 Å². The first kappa shape index (κ1) is 15.6. The fraction of sp³-hybridized carbons (Fsp3) is 0.444. The maximum Gasteiger partial charge on any atom is 0.265 e. The van der Waals surface area contributed by atoms with Gasteiger partial charge in [0.1, 0.15) is 5.75 Å². The van der Waals surface area contributed by atoms with Crippen LogP contribution in [-0.4, -0.2) is 48.6 Å². The van der Waals surface area contributed by atoms with Crippen molar-refractivity contribution in [1.82, 2.24) is 9.88 Å². The minimum atomic E-state index is 0.0355. The van der Waals surface area contributed by atoms with Crippen LogP contribution in [0.3, 0.4) is 0 Å². The van der Waals surface area contributed by atoms with Crippen LogP contribution >= 0.6 is 11.3 Å². The van der Waals surface area contributed by atoms with E-state index in [1.54, 1.807) is 11.3 Å². The Morgan fingerprint density at radius 2 is 2.08 bits per heavy atom. The molecule has 0 unspecified atom stereocenters. The Hall–Kier alpha value is -1.92. The molecule has 1 amide bonds. The zero-order valence-electron chi connectivity index (χ0n) is 13.8. The van der Waals surface area contributed by atoms with Crippen LogP contribution in [0.2, 0.25) is 0 Å². The first-order chi connectivity index (χ1) is 11.7. The highest BCUT2D eigenvalue weighted by molar-refractivity contribution is 7.09. The third-order valence-electron chi connectivity index (χ3n) is 4.66. The molecule has 2 aromatic rings. The quantitative estimate of drug-likeness (QED) is 0.856. The van der Waals surface area contributed by atoms with Crippen LogP contribution < -0.4 is 9.64 Å². The van der Waals surface area contributed by atoms with E-state index >= 15 is 0 Å². The summed E-state index contributed by atoms with van der Waals surface area (Å²) in [5.41, 5.74) is 2.86. The summed E-state index contributed by atoms with van der Waals surface area (Å²) in [6.07, 6.45) is 2.53. The fourth-order valence-electron chi connectivity index (χ4n) is 3.35. The number of amides is 1. The molecule has 0 atom stereocenters. The van der Waals surface area contributed by atoms with Crippen molar-refractivity contribution in [2.45, 2.75) is 19.8 Å². The highest BCUT2D eigenvalue weighted by Crippen LogP contribution is 2.36. The van der Waals surface area contributed by atoms with E-state index in [4.69, 9.17) is 4.74 Å². The highest BCUT2D eigenvalue weighted by Gasteiger charge is 2.26. The summed E-state index contributed by atoms with van der Waals surface area (Å²) in [7, 11) is 0. The van der Waals surface area contributed by atoms with Crippen LogP contribution in [0.25, 0.3) is 11.3 Å². The van der Waals surface area contributed by atoms with Gasteiger partial charge in [-0.1, -0.05) is 0 Å². The van der Waals surface area contributed by atoms with Gasteiger partial charge in [0, 0.05) is 24.0 Å². The number of carbonyl (C=O) groups is 1. The van der Waals surface area contributed by atoms with E-state index in [1.165, 1.54) is 12.8 Å². The lowest BCUT2D eigenvalue weighted by Crippen LogP contribution is -2.43. The van der Waals surface area contributed by atoms with E-state index in [0.29, 0.717) is 0 Å². The van der Waals surface area contributed by atoms with Gasteiger partial charge in [0.2, 0.25) is 0 Å². The summed E-state index contributed by atoms with van der Waals surface area (Å²) < 4.78 is 5.61. The molecule has 4 rings (SSSR count). The summed E-state index contributed by atoms with van der Waals surface area (Å²) in [6, 6.07) is 6.00. The van der Waals surface area contributed by atoms with Crippen molar-refractivity contribution in [3.8, 4) is 17.0 Å². The van der Waals surface area contributed by atoms with Crippen LogP contribution in [0.15, 0.2) is 23.6 Å². The molecule has 0 spiro atoms. The number of nitrogens with zero attached hydrogens (tertiary/aromatic N) is 3. The van der Waals surface area contributed by atoms with Gasteiger partial charge in [0.05, 0.1) is 16.4 Å². The van der Waals surface area contributed by atoms with Gasteiger partial charge in [-0.2, -0.15) is 0 Å². The number of aromatic nitrogens is 1. The van der Waals surface area contributed by atoms with Gasteiger partial charge in [-0.3, -0.25) is 4.79 Å². The number of hydrogen-bond donors (Lipinski definition) is 0. The molecule has 24 heavy (non-hydrogen) atoms. The zero-order chi connectivity index (χ0) is 16.5. The van der Waals surface area contributed by atoms with E-state index in [1.807, 2.05) is 30.0 Å². The molecule has 126 valence electrons. The van der Waals surface area contributed by atoms with Crippen LogP contribution in [-0.2, 0) is 4.79 Å². The Morgan fingerprint density at radius 3 is 2.83 bits per heavy atom. The number of anilines is 1. The molecule has 1 saturated heterocycles. The van der Waals surface area contributed by atoms with E-state index < -0.39 is 0 Å². The molecule has 1 fully saturated rings. The molecule has 1 aromatic carbocycles. The van der Waals surface area contributed by atoms with Gasteiger partial charge in [-0.05, 0) is 51.1 Å². The molecule has 3 heterocycles. The second-order valence-corrected chi connectivity index (χ2v) is 7.38. The minimum Gasteiger partial charge on any atom is -0.482 e. The topological polar surface area (TPSA) is 45.7 Å². The number of carbonyl (C=O) groups excluding carboxylic acids is 1. The average molecular weight is 343 g/mol. The molecule has 6 heteroatoms. The maximum absolute atomic E-state index is 12.4. The van der Waals surface area contributed by atoms with Crippen LogP contribution in [0.1, 0.15) is 17.8 Å². The highest BCUT2D eigenvalue weighted by atomic mass is 32.1. The summed E-state index contributed by atoms with van der Waals surface area (Å²) in [6.45, 7) is 6.05. The summed E-state index contributed by atoms with van der Waals surface area (Å²) in [4.78, 5) is 21.2. The standard InChI is InChI=1S/C18H21N3O2S/c1-13-19-15(12-24-13)14-4-5-17-16(10-14)21(18(22)11-23-17)9-8-20-6-2-3-7-20/h4-5,10,12H,2-3,6-9,11H2,1H3. The summed E-state index contributed by atoms with van der Waals surface area (Å²) >= 11 is 1.64. The lowest BCUT2D eigenvalue weighted by molar-refractivity contribution is -0.121. The number of rotatable bonds is 4. The minimum absolute atomic E-state index is 0.0355. The Morgan fingerprint density at radius 1 is 1.25 bits per heavy atom. The van der Waals surface area contributed by atoms with Crippen molar-refractivity contribution >= 4 is 22.9 Å². The normalized spacial score (nSPS) is 17.9. The summed E-state index contributed by atoms with van der Waals surface area (Å²) in [5.74, 6) is 0.819. The largest absolute Gasteiger partial charge is 0.482 e. The van der Waals surface area contributed by atoms with Crippen LogP contribution in [0, 0.1) is 6.92 Å². The average Bonchev–Trinajstić information content (AvgIpc) is 3.25. The second kappa shape index (κ2) is 6.53. The number of aryl methyl sites for hydroxylation is 1. The van der Waals surface area contributed by atoms with Gasteiger partial charge < -0.3 is 14.5 Å². The maximum atomic E-state index is 12.4. The second-order valence-electron chi connectivity index (χ2n) is 6.32. The molecule has 0 saturated carbocycles. The number of likely N-dealkylation sites (tertiary alicyclic amines) is 1. The summed E-state index contributed by atoms with van der Waals surface area (Å²) in [5, 5.41) is 3.10. The lowest BCUT2D eigenvalue weighted by atomic mass is 10.1. The van der Waals surface area contributed by atoms with Crippen LogP contribution in [0.4, 0.5) is 5.69 Å². The van der Waals surface area contributed by atoms with Crippen molar-refractivity contribution in [3.05, 3.63) is 28.6 Å². The van der Waals surface area contributed by atoms with E-state index in [9.17, 15) is 4.79 Å². The van der Waals surface area contributed by atoms with Gasteiger partial charge in [0.15, 0.2) is 6.61 Å². The van der Waals surface area contributed by atoms with Crippen molar-refractivity contribution < 1.29 is 9.53 Å². The van der Waals surface area contributed by atoms with Gasteiger partial charge >= 0.3 is 0 Å². The van der Waals surface area contributed by atoms with Crippen molar-refractivity contribution in [3.63, 3.8) is 0 Å². The monoisotopic (exact) mass is 343 g/mol. The Labute approximate surface area is 145 Å². The molecule has 0 N–H and O–H groups in total. The number of fused-ring (bicyclic) bond motifs is 1. The first-order valence-electron chi connectivity index (χ1n) is 8.43.